The largest absolute Gasteiger partial charge is 0.492 e. The maximum Gasteiger partial charge on any atom is 0.262 e. The lowest BCUT2D eigenvalue weighted by molar-refractivity contribution is 0.360. The van der Waals surface area contributed by atoms with E-state index in [0.29, 0.717) is 23.8 Å². The molecule has 0 aliphatic carbocycles. The average molecular weight is 298 g/mol. The molecule has 4 rings (SSSR count). The van der Waals surface area contributed by atoms with Crippen molar-refractivity contribution >= 4 is 22.5 Å². The summed E-state index contributed by atoms with van der Waals surface area (Å²) in [5, 5.41) is 1.53. The van der Waals surface area contributed by atoms with E-state index >= 15 is 0 Å². The molecule has 0 atom stereocenters. The number of benzene rings is 2. The van der Waals surface area contributed by atoms with Gasteiger partial charge in [0.15, 0.2) is 0 Å². The molecule has 0 N–H and O–H groups in total. The molecule has 3 nitrogen and oxygen atoms in total. The lowest BCUT2D eigenvalue weighted by atomic mass is 10.1. The zero-order chi connectivity index (χ0) is 14.4. The van der Waals surface area contributed by atoms with E-state index in [2.05, 4.69) is 0 Å². The first-order chi connectivity index (χ1) is 10.3. The fraction of sp³-hybridized carbons (Fsp3) is 0.118. The van der Waals surface area contributed by atoms with Crippen LogP contribution >= 0.6 is 11.6 Å². The van der Waals surface area contributed by atoms with Crippen LogP contribution in [0.15, 0.2) is 53.3 Å². The lowest BCUT2D eigenvalue weighted by Crippen LogP contribution is -2.21. The van der Waals surface area contributed by atoms with E-state index in [9.17, 15) is 4.79 Å². The Hall–Kier alpha value is -2.26. The first-order valence-corrected chi connectivity index (χ1v) is 7.19. The number of halogens is 1. The van der Waals surface area contributed by atoms with Crippen LogP contribution in [0.1, 0.15) is 5.56 Å². The maximum absolute atomic E-state index is 12.8. The molecule has 0 radical (unpaired) electrons. The summed E-state index contributed by atoms with van der Waals surface area (Å²) in [6.45, 7) is 0.557. The summed E-state index contributed by atoms with van der Waals surface area (Å²) < 4.78 is 7.38. The van der Waals surface area contributed by atoms with Gasteiger partial charge in [0.1, 0.15) is 5.75 Å². The highest BCUT2D eigenvalue weighted by atomic mass is 35.5. The molecule has 0 fully saturated rings. The second kappa shape index (κ2) is 4.64. The van der Waals surface area contributed by atoms with Crippen LogP contribution in [0.25, 0.3) is 16.6 Å². The molecule has 0 amide bonds. The SMILES string of the molecule is O=c1c2c(c3ccc(Cl)cc3n1-c1ccccc1)OCC2. The molecular weight excluding hydrogens is 286 g/mol. The van der Waals surface area contributed by atoms with Crippen molar-refractivity contribution in [2.75, 3.05) is 6.61 Å². The Balaban J connectivity index is 2.20. The average Bonchev–Trinajstić information content (AvgIpc) is 2.98. The molecule has 21 heavy (non-hydrogen) atoms. The number of nitrogens with zero attached hydrogens (tertiary/aromatic N) is 1. The fourth-order valence-corrected chi connectivity index (χ4v) is 3.03. The van der Waals surface area contributed by atoms with Gasteiger partial charge in [0.05, 0.1) is 17.7 Å². The van der Waals surface area contributed by atoms with Crippen LogP contribution in [0.3, 0.4) is 0 Å². The Kier molecular flexibility index (Phi) is 2.76. The van der Waals surface area contributed by atoms with Crippen LogP contribution in [-0.4, -0.2) is 11.2 Å². The fourth-order valence-electron chi connectivity index (χ4n) is 2.86. The Morgan fingerprint density at radius 1 is 1.10 bits per heavy atom. The van der Waals surface area contributed by atoms with Gasteiger partial charge in [-0.25, -0.2) is 0 Å². The first kappa shape index (κ1) is 12.5. The number of aromatic nitrogens is 1. The summed E-state index contributed by atoms with van der Waals surface area (Å²) in [6, 6.07) is 15.2. The standard InChI is InChI=1S/C17H12ClNO2/c18-11-6-7-13-15(10-11)19(12-4-2-1-3-5-12)17(20)14-8-9-21-16(13)14/h1-7,10H,8-9H2. The second-order valence-electron chi connectivity index (χ2n) is 5.04. The van der Waals surface area contributed by atoms with Crippen molar-refractivity contribution in [3.05, 3.63) is 69.5 Å². The van der Waals surface area contributed by atoms with E-state index in [1.54, 1.807) is 4.57 Å². The molecule has 2 aromatic carbocycles. The summed E-state index contributed by atoms with van der Waals surface area (Å²) in [5.41, 5.74) is 2.33. The van der Waals surface area contributed by atoms with Crippen molar-refractivity contribution in [1.29, 1.82) is 0 Å². The minimum absolute atomic E-state index is 0.0246. The minimum Gasteiger partial charge on any atom is -0.492 e. The van der Waals surface area contributed by atoms with Gasteiger partial charge in [-0.1, -0.05) is 29.8 Å². The van der Waals surface area contributed by atoms with E-state index in [4.69, 9.17) is 16.3 Å². The summed E-state index contributed by atoms with van der Waals surface area (Å²) >= 11 is 6.13. The minimum atomic E-state index is -0.0246. The third kappa shape index (κ3) is 1.85. The van der Waals surface area contributed by atoms with Crippen LogP contribution in [0, 0.1) is 0 Å². The Labute approximate surface area is 126 Å². The molecule has 1 aliphatic heterocycles. The molecule has 2 heterocycles. The predicted molar refractivity (Wildman–Crippen MR) is 83.8 cm³/mol. The van der Waals surface area contributed by atoms with Crippen LogP contribution in [0.2, 0.25) is 5.02 Å². The predicted octanol–water partition coefficient (Wildman–Crippen LogP) is 3.58. The van der Waals surface area contributed by atoms with Crippen LogP contribution < -0.4 is 10.3 Å². The number of fused-ring (bicyclic) bond motifs is 3. The highest BCUT2D eigenvalue weighted by Crippen LogP contribution is 2.33. The molecule has 1 aromatic heterocycles. The van der Waals surface area contributed by atoms with Crippen LogP contribution in [-0.2, 0) is 6.42 Å². The van der Waals surface area contributed by atoms with E-state index < -0.39 is 0 Å². The van der Waals surface area contributed by atoms with Gasteiger partial charge in [-0.05, 0) is 30.3 Å². The molecule has 0 unspecified atom stereocenters. The van der Waals surface area contributed by atoms with Crippen molar-refractivity contribution in [1.82, 2.24) is 4.57 Å². The maximum atomic E-state index is 12.8. The van der Waals surface area contributed by atoms with Crippen molar-refractivity contribution in [3.8, 4) is 11.4 Å². The summed E-state index contributed by atoms with van der Waals surface area (Å²) in [6.07, 6.45) is 0.652. The zero-order valence-corrected chi connectivity index (χ0v) is 11.9. The van der Waals surface area contributed by atoms with Gasteiger partial charge in [0.25, 0.3) is 5.56 Å². The third-order valence-electron chi connectivity index (χ3n) is 3.79. The van der Waals surface area contributed by atoms with Gasteiger partial charge in [-0.2, -0.15) is 0 Å². The summed E-state index contributed by atoms with van der Waals surface area (Å²) in [5.74, 6) is 0.707. The molecule has 0 bridgehead atoms. The quantitative estimate of drug-likeness (QED) is 0.687. The lowest BCUT2D eigenvalue weighted by Gasteiger charge is -2.13. The molecule has 0 saturated heterocycles. The van der Waals surface area contributed by atoms with Gasteiger partial charge in [-0.15, -0.1) is 0 Å². The molecule has 104 valence electrons. The van der Waals surface area contributed by atoms with Crippen LogP contribution in [0.4, 0.5) is 0 Å². The monoisotopic (exact) mass is 297 g/mol. The highest BCUT2D eigenvalue weighted by Gasteiger charge is 2.23. The molecule has 0 spiro atoms. The number of para-hydroxylation sites is 1. The topological polar surface area (TPSA) is 31.2 Å². The Morgan fingerprint density at radius 3 is 2.71 bits per heavy atom. The first-order valence-electron chi connectivity index (χ1n) is 6.81. The molecule has 1 aliphatic rings. The van der Waals surface area contributed by atoms with Gasteiger partial charge in [0.2, 0.25) is 0 Å². The van der Waals surface area contributed by atoms with Gasteiger partial charge < -0.3 is 4.74 Å². The number of rotatable bonds is 1. The number of pyridine rings is 1. The van der Waals surface area contributed by atoms with Gasteiger partial charge in [0, 0.05) is 22.5 Å². The van der Waals surface area contributed by atoms with E-state index in [-0.39, 0.29) is 5.56 Å². The van der Waals surface area contributed by atoms with Crippen molar-refractivity contribution in [2.24, 2.45) is 0 Å². The third-order valence-corrected chi connectivity index (χ3v) is 4.03. The van der Waals surface area contributed by atoms with Crippen molar-refractivity contribution in [3.63, 3.8) is 0 Å². The van der Waals surface area contributed by atoms with Gasteiger partial charge in [-0.3, -0.25) is 9.36 Å². The normalized spacial score (nSPS) is 13.2. The molecule has 4 heteroatoms. The molecule has 0 saturated carbocycles. The second-order valence-corrected chi connectivity index (χ2v) is 5.48. The number of hydrogen-bond donors (Lipinski definition) is 0. The Morgan fingerprint density at radius 2 is 1.90 bits per heavy atom. The Bertz CT molecular complexity index is 900. The highest BCUT2D eigenvalue weighted by molar-refractivity contribution is 6.31. The van der Waals surface area contributed by atoms with E-state index in [0.717, 1.165) is 22.2 Å². The summed E-state index contributed by atoms with van der Waals surface area (Å²) in [4.78, 5) is 12.8. The number of hydrogen-bond acceptors (Lipinski definition) is 2. The zero-order valence-electron chi connectivity index (χ0n) is 11.2. The van der Waals surface area contributed by atoms with Crippen molar-refractivity contribution < 1.29 is 4.74 Å². The van der Waals surface area contributed by atoms with Gasteiger partial charge >= 0.3 is 0 Å². The smallest absolute Gasteiger partial charge is 0.262 e. The number of ether oxygens (including phenoxy) is 1. The summed E-state index contributed by atoms with van der Waals surface area (Å²) in [7, 11) is 0. The van der Waals surface area contributed by atoms with Crippen molar-refractivity contribution in [2.45, 2.75) is 6.42 Å². The molecular formula is C17H12ClNO2. The molecule has 3 aromatic rings. The van der Waals surface area contributed by atoms with E-state index in [1.807, 2.05) is 48.5 Å². The van der Waals surface area contributed by atoms with Crippen LogP contribution in [0.5, 0.6) is 5.75 Å². The van der Waals surface area contributed by atoms with E-state index in [1.165, 1.54) is 0 Å².